The van der Waals surface area contributed by atoms with Crippen molar-refractivity contribution in [1.82, 2.24) is 0 Å². The van der Waals surface area contributed by atoms with Gasteiger partial charge in [0.1, 0.15) is 0 Å². The largest absolute Gasteiger partial charge is 1.00 e. The molecule has 5 heteroatoms. The molecule has 0 amide bonds. The van der Waals surface area contributed by atoms with E-state index in [1.807, 2.05) is 0 Å². The molecule has 0 saturated carbocycles. The molecule has 8 heavy (non-hydrogen) atoms. The molecular formula is C3H9Cl2NaO2. The van der Waals surface area contributed by atoms with E-state index in [-0.39, 0.29) is 35.0 Å². The molecular weight excluding hydrogens is 162 g/mol. The Morgan fingerprint density at radius 1 is 1.25 bits per heavy atom. The topological polar surface area (TPSA) is 39.2 Å². The molecule has 0 aromatic carbocycles. The van der Waals surface area contributed by atoms with Crippen molar-refractivity contribution < 1.29 is 38.9 Å². The van der Waals surface area contributed by atoms with Gasteiger partial charge in [0, 0.05) is 0 Å². The summed E-state index contributed by atoms with van der Waals surface area (Å²) >= 11 is 8.53. The Bertz CT molecular complexity index is 17.2. The Balaban J connectivity index is -0.0000000160. The number of hydrogen-bond acceptors (Lipinski definition) is 2. The Morgan fingerprint density at radius 2 is 1.25 bits per heavy atom. The van der Waals surface area contributed by atoms with E-state index in [2.05, 4.69) is 41.4 Å². The predicted octanol–water partition coefficient (Wildman–Crippen LogP) is -0.446. The van der Waals surface area contributed by atoms with Crippen molar-refractivity contribution in [3.63, 3.8) is 0 Å². The summed E-state index contributed by atoms with van der Waals surface area (Å²) in [4.78, 5) is 0. The number of hydrogen-bond donors (Lipinski definition) is 0. The molecule has 0 aromatic heterocycles. The summed E-state index contributed by atoms with van der Waals surface area (Å²) in [6, 6.07) is 0. The molecule has 0 rings (SSSR count). The van der Waals surface area contributed by atoms with Crippen LogP contribution in [0.4, 0.5) is 0 Å². The van der Waals surface area contributed by atoms with Crippen molar-refractivity contribution in [1.29, 1.82) is 0 Å². The number of rotatable bonds is 0. The quantitative estimate of drug-likeness (QED) is 0.463. The van der Waals surface area contributed by atoms with E-state index in [4.69, 9.17) is 0 Å². The van der Waals surface area contributed by atoms with Crippen LogP contribution in [0.15, 0.2) is 0 Å². The van der Waals surface area contributed by atoms with Gasteiger partial charge in [-0.1, -0.05) is 20.3 Å². The van der Waals surface area contributed by atoms with Crippen molar-refractivity contribution in [2.45, 2.75) is 20.3 Å². The zero-order valence-electron chi connectivity index (χ0n) is 5.32. The van der Waals surface area contributed by atoms with Gasteiger partial charge in [-0.15, -0.1) is 0 Å². The first-order chi connectivity index (χ1) is 2.83. The molecule has 0 aliphatic heterocycles. The molecule has 0 atom stereocenters. The zero-order valence-corrected chi connectivity index (χ0v) is 8.83. The van der Waals surface area contributed by atoms with Crippen molar-refractivity contribution in [3.8, 4) is 0 Å². The van der Waals surface area contributed by atoms with Crippen LogP contribution in [0.5, 0.6) is 0 Å². The summed E-state index contributed by atoms with van der Waals surface area (Å²) in [5, 5.41) is 0. The van der Waals surface area contributed by atoms with Gasteiger partial charge in [-0.25, -0.2) is 0 Å². The minimum atomic E-state index is 0. The van der Waals surface area contributed by atoms with Crippen LogP contribution >= 0.6 is 23.7 Å². The van der Waals surface area contributed by atoms with E-state index < -0.39 is 0 Å². The minimum Gasteiger partial charge on any atom is -0.870 e. The molecule has 0 heterocycles. The van der Waals surface area contributed by atoms with Gasteiger partial charge in [0.25, 0.3) is 0 Å². The van der Waals surface area contributed by atoms with Gasteiger partial charge < -0.3 is 5.48 Å². The molecule has 0 bridgehead atoms. The average molecular weight is 171 g/mol. The average Bonchev–Trinajstić information content (AvgIpc) is 1.39. The van der Waals surface area contributed by atoms with Crippen LogP contribution in [-0.2, 0) is 3.84 Å². The monoisotopic (exact) mass is 170 g/mol. The normalized spacial score (nSPS) is 4.50. The summed E-state index contributed by atoms with van der Waals surface area (Å²) in [5.74, 6) is 0. The Morgan fingerprint density at radius 3 is 1.25 bits per heavy atom. The molecule has 0 unspecified atom stereocenters. The third kappa shape index (κ3) is 141. The molecule has 48 valence electrons. The fourth-order valence-corrected chi connectivity index (χ4v) is 0. The van der Waals surface area contributed by atoms with Gasteiger partial charge in [0.15, 0.2) is 0 Å². The molecule has 0 spiro atoms. The van der Waals surface area contributed by atoms with Crippen LogP contribution in [0.3, 0.4) is 0 Å². The van der Waals surface area contributed by atoms with Crippen LogP contribution in [0.1, 0.15) is 20.3 Å². The fraction of sp³-hybridized carbons (Fsp3) is 1.00. The van der Waals surface area contributed by atoms with E-state index in [0.717, 1.165) is 0 Å². The van der Waals surface area contributed by atoms with E-state index >= 15 is 0 Å². The first-order valence-electron chi connectivity index (χ1n) is 1.72. The fourth-order valence-electron chi connectivity index (χ4n) is 0. The summed E-state index contributed by atoms with van der Waals surface area (Å²) in [6.45, 7) is 4.25. The summed E-state index contributed by atoms with van der Waals surface area (Å²) in [5.41, 5.74) is 0. The van der Waals surface area contributed by atoms with Crippen LogP contribution < -0.4 is 29.6 Å². The van der Waals surface area contributed by atoms with Gasteiger partial charge in [-0.3, -0.25) is 0 Å². The van der Waals surface area contributed by atoms with E-state index in [1.165, 1.54) is 6.42 Å². The molecule has 2 nitrogen and oxygen atoms in total. The summed E-state index contributed by atoms with van der Waals surface area (Å²) in [7, 11) is 0. The van der Waals surface area contributed by atoms with Gasteiger partial charge in [-0.2, -0.15) is 3.84 Å². The maximum atomic E-state index is 4.26. The summed E-state index contributed by atoms with van der Waals surface area (Å²) in [6.07, 6.45) is 1.25. The van der Waals surface area contributed by atoms with Crippen molar-refractivity contribution in [2.75, 3.05) is 0 Å². The third-order valence-corrected chi connectivity index (χ3v) is 0. The molecule has 0 fully saturated rings. The first kappa shape index (κ1) is 22.7. The van der Waals surface area contributed by atoms with E-state index in [9.17, 15) is 0 Å². The van der Waals surface area contributed by atoms with E-state index in [0.29, 0.717) is 0 Å². The van der Waals surface area contributed by atoms with Gasteiger partial charge in [-0.05, 0) is 0 Å². The second-order valence-corrected chi connectivity index (χ2v) is 1.23. The molecule has 0 radical (unpaired) electrons. The maximum absolute atomic E-state index is 4.26. The van der Waals surface area contributed by atoms with Crippen LogP contribution in [-0.4, -0.2) is 5.48 Å². The second kappa shape index (κ2) is 39.0. The standard InChI is InChI=1S/C3H8.Cl2O.Na.H2O/c2*1-3-2;;/h3H2,1-2H3;;;1H2/q;;+1;/p-1. The van der Waals surface area contributed by atoms with Crippen LogP contribution in [0, 0.1) is 0 Å². The van der Waals surface area contributed by atoms with E-state index in [1.54, 1.807) is 0 Å². The Hall–Kier alpha value is 1.50. The smallest absolute Gasteiger partial charge is 0.870 e. The number of halogens is 2. The molecule has 0 saturated heterocycles. The maximum Gasteiger partial charge on any atom is 1.00 e. The molecule has 0 aromatic rings. The van der Waals surface area contributed by atoms with Crippen LogP contribution in [0.25, 0.3) is 0 Å². The van der Waals surface area contributed by atoms with Crippen molar-refractivity contribution in [3.05, 3.63) is 0 Å². The summed E-state index contributed by atoms with van der Waals surface area (Å²) < 4.78 is 3.19. The Kier molecular flexibility index (Phi) is 111. The second-order valence-electron chi connectivity index (χ2n) is 0.765. The third-order valence-electron chi connectivity index (χ3n) is 0. The van der Waals surface area contributed by atoms with Crippen molar-refractivity contribution in [2.24, 2.45) is 0 Å². The molecule has 0 aliphatic rings. The van der Waals surface area contributed by atoms with Crippen LogP contribution in [0.2, 0.25) is 0 Å². The first-order valence-corrected chi connectivity index (χ1v) is 2.34. The van der Waals surface area contributed by atoms with Gasteiger partial charge in [0.05, 0.1) is 23.7 Å². The zero-order chi connectivity index (χ0) is 5.41. The SMILES string of the molecule is CCC.ClOCl.[Na+].[OH-]. The molecule has 1 N–H and O–H groups in total. The Labute approximate surface area is 82.4 Å². The van der Waals surface area contributed by atoms with Gasteiger partial charge >= 0.3 is 29.6 Å². The predicted molar refractivity (Wildman–Crippen MR) is 30.7 cm³/mol. The molecule has 0 aliphatic carbocycles. The minimum absolute atomic E-state index is 0. The van der Waals surface area contributed by atoms with Gasteiger partial charge in [0.2, 0.25) is 0 Å². The van der Waals surface area contributed by atoms with Crippen molar-refractivity contribution >= 4 is 23.7 Å².